The lowest BCUT2D eigenvalue weighted by Crippen LogP contribution is -2.57. The van der Waals surface area contributed by atoms with E-state index in [9.17, 15) is 19.5 Å². The summed E-state index contributed by atoms with van der Waals surface area (Å²) in [6.07, 6.45) is 7.36. The van der Waals surface area contributed by atoms with Gasteiger partial charge in [0.05, 0.1) is 35.6 Å². The number of carbonyl (C=O) groups is 3. The maximum Gasteiger partial charge on any atom is 0.250 e. The summed E-state index contributed by atoms with van der Waals surface area (Å²) in [5.41, 5.74) is -0.363. The molecule has 5 heterocycles. The smallest absolute Gasteiger partial charge is 0.250 e. The van der Waals surface area contributed by atoms with Crippen molar-refractivity contribution in [2.24, 2.45) is 11.8 Å². The van der Waals surface area contributed by atoms with Crippen LogP contribution >= 0.6 is 0 Å². The molecule has 1 N–H and O–H groups in total. The number of ether oxygens (including phenoxy) is 1. The average molecular weight is 569 g/mol. The Morgan fingerprint density at radius 3 is 2.48 bits per heavy atom. The van der Waals surface area contributed by atoms with Gasteiger partial charge < -0.3 is 24.5 Å². The number of para-hydroxylation sites is 1. The molecule has 216 valence electrons. The van der Waals surface area contributed by atoms with E-state index in [-0.39, 0.29) is 30.9 Å². The van der Waals surface area contributed by atoms with Crippen molar-refractivity contribution < 1.29 is 24.2 Å². The van der Waals surface area contributed by atoms with Crippen molar-refractivity contribution in [2.75, 3.05) is 26.7 Å². The van der Waals surface area contributed by atoms with Gasteiger partial charge in [-0.3, -0.25) is 14.4 Å². The van der Waals surface area contributed by atoms with Gasteiger partial charge >= 0.3 is 0 Å². The molecule has 2 saturated heterocycles. The normalized spacial score (nSPS) is 31.3. The van der Waals surface area contributed by atoms with E-state index in [1.807, 2.05) is 79.7 Å². The van der Waals surface area contributed by atoms with Crippen LogP contribution in [0.2, 0.25) is 0 Å². The van der Waals surface area contributed by atoms with Gasteiger partial charge in [-0.2, -0.15) is 0 Å². The molecule has 1 spiro atoms. The second kappa shape index (κ2) is 9.60. The molecule has 0 aliphatic carbocycles. The average Bonchev–Trinajstić information content (AvgIpc) is 3.53. The van der Waals surface area contributed by atoms with Gasteiger partial charge in [0.15, 0.2) is 0 Å². The highest BCUT2D eigenvalue weighted by Crippen LogP contribution is 2.58. The zero-order chi connectivity index (χ0) is 29.2. The fourth-order valence-electron chi connectivity index (χ4n) is 7.31. The number of aliphatic hydroxyl groups is 1. The molecule has 0 saturated carbocycles. The molecular weight excluding hydrogens is 536 g/mol. The Morgan fingerprint density at radius 2 is 1.69 bits per heavy atom. The summed E-state index contributed by atoms with van der Waals surface area (Å²) in [4.78, 5) is 47.9. The molecule has 1 aromatic heterocycles. The van der Waals surface area contributed by atoms with Gasteiger partial charge in [0.1, 0.15) is 23.8 Å². The number of hydrogen-bond donors (Lipinski definition) is 1. The van der Waals surface area contributed by atoms with Crippen LogP contribution in [0.1, 0.15) is 18.5 Å². The Hall–Kier alpha value is -4.35. The zero-order valence-electron chi connectivity index (χ0n) is 23.4. The van der Waals surface area contributed by atoms with Crippen molar-refractivity contribution in [1.82, 2.24) is 29.7 Å². The topological polar surface area (TPSA) is 121 Å². The summed E-state index contributed by atoms with van der Waals surface area (Å²) in [5.74, 6) is -2.76. The molecule has 11 nitrogen and oxygen atoms in total. The number of amides is 3. The third-order valence-corrected chi connectivity index (χ3v) is 9.20. The molecule has 0 radical (unpaired) electrons. The van der Waals surface area contributed by atoms with Crippen LogP contribution < -0.4 is 0 Å². The van der Waals surface area contributed by atoms with E-state index in [4.69, 9.17) is 4.74 Å². The highest BCUT2D eigenvalue weighted by Gasteiger charge is 2.75. The number of fused-ring (bicyclic) bond motifs is 3. The maximum atomic E-state index is 14.7. The van der Waals surface area contributed by atoms with E-state index in [1.165, 1.54) is 4.90 Å². The van der Waals surface area contributed by atoms with Crippen LogP contribution in [0, 0.1) is 11.8 Å². The lowest BCUT2D eigenvalue weighted by molar-refractivity contribution is -0.156. The predicted molar refractivity (Wildman–Crippen MR) is 151 cm³/mol. The largest absolute Gasteiger partial charge is 0.394 e. The number of likely N-dealkylation sites (N-methyl/N-ethyl adjacent to an activating group) is 1. The van der Waals surface area contributed by atoms with Crippen LogP contribution in [0.3, 0.4) is 0 Å². The van der Waals surface area contributed by atoms with Crippen LogP contribution in [0.5, 0.6) is 0 Å². The fraction of sp³-hybridized carbons (Fsp3) is 0.387. The minimum atomic E-state index is -1.42. The predicted octanol–water partition coefficient (Wildman–Crippen LogP) is 1.52. The highest BCUT2D eigenvalue weighted by atomic mass is 16.5. The van der Waals surface area contributed by atoms with Crippen LogP contribution in [0.15, 0.2) is 78.9 Å². The number of hydrogen-bond acceptors (Lipinski definition) is 7. The molecule has 1 unspecified atom stereocenters. The monoisotopic (exact) mass is 568 g/mol. The van der Waals surface area contributed by atoms with Gasteiger partial charge in [-0.1, -0.05) is 72.0 Å². The van der Waals surface area contributed by atoms with E-state index < -0.39 is 41.7 Å². The highest BCUT2D eigenvalue weighted by molar-refractivity contribution is 6.00. The van der Waals surface area contributed by atoms with Gasteiger partial charge in [-0.15, -0.1) is 5.10 Å². The van der Waals surface area contributed by atoms with Crippen molar-refractivity contribution in [3.8, 4) is 0 Å². The second-order valence-electron chi connectivity index (χ2n) is 11.7. The van der Waals surface area contributed by atoms with E-state index >= 15 is 0 Å². The summed E-state index contributed by atoms with van der Waals surface area (Å²) in [5, 5.41) is 19.2. The summed E-state index contributed by atoms with van der Waals surface area (Å²) >= 11 is 0. The third-order valence-electron chi connectivity index (χ3n) is 9.20. The molecular formula is C31H32N6O5. The SMILES string of the molecule is CN1CC=C[C@]2(C)O[C@]34C=CCN(Cn5nnc6ccccc65)C(=O)C3N([C@H](CO)c3ccccc3)C(=O)[C@@H]4[C@@H]2C1=O. The zero-order valence-corrected chi connectivity index (χ0v) is 23.4. The van der Waals surface area contributed by atoms with Crippen molar-refractivity contribution in [3.05, 3.63) is 84.5 Å². The minimum absolute atomic E-state index is 0.0976. The van der Waals surface area contributed by atoms with E-state index in [0.717, 1.165) is 5.52 Å². The van der Waals surface area contributed by atoms with E-state index in [1.54, 1.807) is 27.6 Å². The number of likely N-dealkylation sites (tertiary alicyclic amines) is 1. The van der Waals surface area contributed by atoms with Crippen molar-refractivity contribution in [2.45, 2.75) is 36.9 Å². The van der Waals surface area contributed by atoms with Crippen molar-refractivity contribution >= 4 is 28.8 Å². The molecule has 4 aliphatic rings. The maximum absolute atomic E-state index is 14.7. The number of aromatic nitrogens is 3. The first-order valence-corrected chi connectivity index (χ1v) is 14.1. The molecule has 6 atom stereocenters. The second-order valence-corrected chi connectivity index (χ2v) is 11.7. The first kappa shape index (κ1) is 26.5. The fourth-order valence-corrected chi connectivity index (χ4v) is 7.31. The first-order chi connectivity index (χ1) is 20.3. The standard InChI is InChI=1S/C31H32N6O5/c1-30-14-8-16-34(2)27(39)24(30)25-28(40)37(23(18-38)20-10-4-3-5-11-20)26-29(41)35(17-9-15-31(25,26)42-30)19-36-22-13-7-6-12-21(22)32-33-36/h3-15,23-26,38H,16-19H2,1-2H3/t23-,24-,25+,26?,30+,31+/m1/s1. The number of benzene rings is 2. The molecule has 2 fully saturated rings. The summed E-state index contributed by atoms with van der Waals surface area (Å²) < 4.78 is 8.51. The molecule has 11 heteroatoms. The Morgan fingerprint density at radius 1 is 0.952 bits per heavy atom. The molecule has 7 rings (SSSR count). The first-order valence-electron chi connectivity index (χ1n) is 14.1. The quantitative estimate of drug-likeness (QED) is 0.464. The van der Waals surface area contributed by atoms with Crippen LogP contribution in [-0.4, -0.2) is 96.5 Å². The summed E-state index contributed by atoms with van der Waals surface area (Å²) in [7, 11) is 1.71. The Kier molecular flexibility index (Phi) is 6.07. The Bertz CT molecular complexity index is 1640. The number of carbonyl (C=O) groups excluding carboxylic acids is 3. The summed E-state index contributed by atoms with van der Waals surface area (Å²) in [6.45, 7) is 2.14. The lowest BCUT2D eigenvalue weighted by atomic mass is 9.74. The molecule has 4 aliphatic heterocycles. The van der Waals surface area contributed by atoms with Crippen LogP contribution in [0.25, 0.3) is 11.0 Å². The molecule has 0 bridgehead atoms. The molecule has 3 amide bonds. The molecule has 42 heavy (non-hydrogen) atoms. The van der Waals surface area contributed by atoms with Crippen molar-refractivity contribution in [3.63, 3.8) is 0 Å². The van der Waals surface area contributed by atoms with Crippen LogP contribution in [-0.2, 0) is 25.8 Å². The Balaban J connectivity index is 1.37. The molecule has 3 aromatic rings. The van der Waals surface area contributed by atoms with E-state index in [2.05, 4.69) is 10.3 Å². The lowest BCUT2D eigenvalue weighted by Gasteiger charge is -2.40. The number of aliphatic hydroxyl groups excluding tert-OH is 1. The van der Waals surface area contributed by atoms with Gasteiger partial charge in [0.2, 0.25) is 11.8 Å². The van der Waals surface area contributed by atoms with E-state index in [0.29, 0.717) is 17.6 Å². The number of nitrogens with zero attached hydrogens (tertiary/aromatic N) is 6. The minimum Gasteiger partial charge on any atom is -0.394 e. The molecule has 2 aromatic carbocycles. The number of rotatable bonds is 5. The third kappa shape index (κ3) is 3.69. The van der Waals surface area contributed by atoms with Crippen LogP contribution in [0.4, 0.5) is 0 Å². The summed E-state index contributed by atoms with van der Waals surface area (Å²) in [6, 6.07) is 14.7. The van der Waals surface area contributed by atoms with Gasteiger partial charge in [0, 0.05) is 20.1 Å². The Labute approximate surface area is 242 Å². The van der Waals surface area contributed by atoms with Gasteiger partial charge in [-0.25, -0.2) is 4.68 Å². The van der Waals surface area contributed by atoms with Gasteiger partial charge in [-0.05, 0) is 24.6 Å². The van der Waals surface area contributed by atoms with Crippen molar-refractivity contribution in [1.29, 1.82) is 0 Å². The van der Waals surface area contributed by atoms with Gasteiger partial charge in [0.25, 0.3) is 5.91 Å².